The Hall–Kier alpha value is -1.63. The lowest BCUT2D eigenvalue weighted by Gasteiger charge is -2.14. The SMILES string of the molecule is CCC(CC)NC(=O)CS(=O)(=O)c1ccc(N)cc1F. The van der Waals surface area contributed by atoms with E-state index in [9.17, 15) is 17.6 Å². The number of nitrogen functional groups attached to an aromatic ring is 1. The zero-order valence-electron chi connectivity index (χ0n) is 11.5. The highest BCUT2D eigenvalue weighted by atomic mass is 32.2. The molecule has 0 aliphatic heterocycles. The van der Waals surface area contributed by atoms with E-state index in [1.165, 1.54) is 6.07 Å². The number of nitrogens with two attached hydrogens (primary N) is 1. The van der Waals surface area contributed by atoms with Crippen LogP contribution in [0.2, 0.25) is 0 Å². The molecule has 20 heavy (non-hydrogen) atoms. The van der Waals surface area contributed by atoms with Crippen molar-refractivity contribution in [2.75, 3.05) is 11.5 Å². The molecule has 112 valence electrons. The van der Waals surface area contributed by atoms with Crippen LogP contribution in [0.4, 0.5) is 10.1 Å². The Balaban J connectivity index is 2.87. The quantitative estimate of drug-likeness (QED) is 0.779. The lowest BCUT2D eigenvalue weighted by atomic mass is 10.2. The van der Waals surface area contributed by atoms with Gasteiger partial charge in [-0.15, -0.1) is 0 Å². The number of rotatable bonds is 6. The van der Waals surface area contributed by atoms with Gasteiger partial charge in [-0.2, -0.15) is 0 Å². The number of nitrogens with one attached hydrogen (secondary N) is 1. The summed E-state index contributed by atoms with van der Waals surface area (Å²) in [7, 11) is -4.01. The molecule has 0 bridgehead atoms. The van der Waals surface area contributed by atoms with Crippen LogP contribution in [-0.4, -0.2) is 26.1 Å². The first-order valence-corrected chi connectivity index (χ1v) is 8.02. The maximum atomic E-state index is 13.6. The molecule has 0 unspecified atom stereocenters. The third-order valence-electron chi connectivity index (χ3n) is 2.96. The smallest absolute Gasteiger partial charge is 0.235 e. The van der Waals surface area contributed by atoms with Gasteiger partial charge in [-0.25, -0.2) is 12.8 Å². The van der Waals surface area contributed by atoms with Gasteiger partial charge >= 0.3 is 0 Å². The Labute approximate surface area is 118 Å². The standard InChI is InChI=1S/C13H19FN2O3S/c1-3-10(4-2)16-13(17)8-20(18,19)12-6-5-9(15)7-11(12)14/h5-7,10H,3-4,8,15H2,1-2H3,(H,16,17). The molecule has 3 N–H and O–H groups in total. The first-order chi connectivity index (χ1) is 9.30. The van der Waals surface area contributed by atoms with E-state index in [0.717, 1.165) is 12.1 Å². The molecule has 0 aliphatic rings. The average Bonchev–Trinajstić information content (AvgIpc) is 2.34. The second-order valence-corrected chi connectivity index (χ2v) is 6.49. The minimum atomic E-state index is -4.01. The maximum absolute atomic E-state index is 13.6. The van der Waals surface area contributed by atoms with Crippen molar-refractivity contribution >= 4 is 21.4 Å². The molecule has 0 saturated carbocycles. The highest BCUT2D eigenvalue weighted by molar-refractivity contribution is 7.92. The van der Waals surface area contributed by atoms with E-state index in [4.69, 9.17) is 5.73 Å². The third kappa shape index (κ3) is 4.19. The number of halogens is 1. The van der Waals surface area contributed by atoms with Gasteiger partial charge in [-0.3, -0.25) is 4.79 Å². The maximum Gasteiger partial charge on any atom is 0.235 e. The van der Waals surface area contributed by atoms with Gasteiger partial charge in [0.05, 0.1) is 0 Å². The Bertz CT molecular complexity index is 583. The monoisotopic (exact) mass is 302 g/mol. The van der Waals surface area contributed by atoms with Crippen molar-refractivity contribution in [1.29, 1.82) is 0 Å². The normalized spacial score (nSPS) is 11.6. The molecule has 0 saturated heterocycles. The lowest BCUT2D eigenvalue weighted by Crippen LogP contribution is -2.37. The molecule has 0 aromatic heterocycles. The van der Waals surface area contributed by atoms with Gasteiger partial charge < -0.3 is 11.1 Å². The van der Waals surface area contributed by atoms with E-state index in [1.54, 1.807) is 0 Å². The fourth-order valence-electron chi connectivity index (χ4n) is 1.78. The van der Waals surface area contributed by atoms with E-state index in [2.05, 4.69) is 5.32 Å². The number of hydrogen-bond donors (Lipinski definition) is 2. The van der Waals surface area contributed by atoms with E-state index in [-0.39, 0.29) is 11.7 Å². The summed E-state index contributed by atoms with van der Waals surface area (Å²) in [5.41, 5.74) is 5.49. The molecule has 0 heterocycles. The van der Waals surface area contributed by atoms with Crippen molar-refractivity contribution in [1.82, 2.24) is 5.32 Å². The van der Waals surface area contributed by atoms with Crippen LogP contribution in [0.3, 0.4) is 0 Å². The van der Waals surface area contributed by atoms with Crippen LogP contribution in [0, 0.1) is 5.82 Å². The zero-order valence-corrected chi connectivity index (χ0v) is 12.3. The van der Waals surface area contributed by atoms with Gasteiger partial charge in [0.2, 0.25) is 5.91 Å². The van der Waals surface area contributed by atoms with Gasteiger partial charge in [-0.05, 0) is 31.0 Å². The number of benzene rings is 1. The van der Waals surface area contributed by atoms with Crippen LogP contribution in [0.25, 0.3) is 0 Å². The Morgan fingerprint density at radius 1 is 1.35 bits per heavy atom. The van der Waals surface area contributed by atoms with Gasteiger partial charge in [0.1, 0.15) is 16.5 Å². The number of carbonyl (C=O) groups excluding carboxylic acids is 1. The highest BCUT2D eigenvalue weighted by Gasteiger charge is 2.23. The topological polar surface area (TPSA) is 89.3 Å². The summed E-state index contributed by atoms with van der Waals surface area (Å²) in [6, 6.07) is 3.21. The number of carbonyl (C=O) groups is 1. The van der Waals surface area contributed by atoms with Crippen LogP contribution < -0.4 is 11.1 Å². The molecule has 0 radical (unpaired) electrons. The second kappa shape index (κ2) is 6.69. The van der Waals surface area contributed by atoms with Crippen molar-refractivity contribution in [3.05, 3.63) is 24.0 Å². The van der Waals surface area contributed by atoms with Gasteiger partial charge in [0.15, 0.2) is 9.84 Å². The molecule has 0 atom stereocenters. The minimum absolute atomic E-state index is 0.0750. The Morgan fingerprint density at radius 3 is 2.45 bits per heavy atom. The van der Waals surface area contributed by atoms with E-state index >= 15 is 0 Å². The van der Waals surface area contributed by atoms with Crippen molar-refractivity contribution in [3.63, 3.8) is 0 Å². The predicted molar refractivity (Wildman–Crippen MR) is 75.4 cm³/mol. The molecular formula is C13H19FN2O3S. The zero-order chi connectivity index (χ0) is 15.3. The van der Waals surface area contributed by atoms with Crippen LogP contribution in [0.5, 0.6) is 0 Å². The molecule has 5 nitrogen and oxygen atoms in total. The van der Waals surface area contributed by atoms with Crippen molar-refractivity contribution in [2.45, 2.75) is 37.6 Å². The number of hydrogen-bond acceptors (Lipinski definition) is 4. The third-order valence-corrected chi connectivity index (χ3v) is 4.61. The minimum Gasteiger partial charge on any atom is -0.399 e. The molecule has 0 fully saturated rings. The van der Waals surface area contributed by atoms with Crippen molar-refractivity contribution in [2.24, 2.45) is 0 Å². The Morgan fingerprint density at radius 2 is 1.95 bits per heavy atom. The van der Waals surface area contributed by atoms with Gasteiger partial charge in [-0.1, -0.05) is 13.8 Å². The highest BCUT2D eigenvalue weighted by Crippen LogP contribution is 2.18. The summed E-state index contributed by atoms with van der Waals surface area (Å²) in [4.78, 5) is 11.2. The van der Waals surface area contributed by atoms with Crippen LogP contribution in [-0.2, 0) is 14.6 Å². The lowest BCUT2D eigenvalue weighted by molar-refractivity contribution is -0.119. The molecule has 0 spiro atoms. The largest absolute Gasteiger partial charge is 0.399 e. The van der Waals surface area contributed by atoms with Gasteiger partial charge in [0, 0.05) is 11.7 Å². The van der Waals surface area contributed by atoms with Crippen molar-refractivity contribution < 1.29 is 17.6 Å². The second-order valence-electron chi connectivity index (χ2n) is 4.53. The molecular weight excluding hydrogens is 283 g/mol. The molecule has 1 amide bonds. The summed E-state index contributed by atoms with van der Waals surface area (Å²) < 4.78 is 37.6. The van der Waals surface area contributed by atoms with E-state index in [1.807, 2.05) is 13.8 Å². The van der Waals surface area contributed by atoms with Crippen LogP contribution in [0.15, 0.2) is 23.1 Å². The Kier molecular flexibility index (Phi) is 5.50. The number of sulfone groups is 1. The molecule has 7 heteroatoms. The van der Waals surface area contributed by atoms with E-state index < -0.39 is 32.2 Å². The molecule has 1 rings (SSSR count). The van der Waals surface area contributed by atoms with Crippen LogP contribution >= 0.6 is 0 Å². The summed E-state index contributed by atoms with van der Waals surface area (Å²) in [6.07, 6.45) is 1.41. The van der Waals surface area contributed by atoms with Crippen molar-refractivity contribution in [3.8, 4) is 0 Å². The summed E-state index contributed by atoms with van der Waals surface area (Å²) in [6.45, 7) is 3.78. The fraction of sp³-hybridized carbons (Fsp3) is 0.462. The molecule has 1 aromatic rings. The van der Waals surface area contributed by atoms with Gasteiger partial charge in [0.25, 0.3) is 0 Å². The first-order valence-electron chi connectivity index (χ1n) is 6.37. The average molecular weight is 302 g/mol. The summed E-state index contributed by atoms with van der Waals surface area (Å²) in [5, 5.41) is 2.61. The summed E-state index contributed by atoms with van der Waals surface area (Å²) >= 11 is 0. The first kappa shape index (κ1) is 16.4. The summed E-state index contributed by atoms with van der Waals surface area (Å²) in [5.74, 6) is -2.35. The van der Waals surface area contributed by atoms with Crippen LogP contribution in [0.1, 0.15) is 26.7 Å². The number of anilines is 1. The predicted octanol–water partition coefficient (Wildman–Crippen LogP) is 1.49. The van der Waals surface area contributed by atoms with E-state index in [0.29, 0.717) is 12.8 Å². The fourth-order valence-corrected chi connectivity index (χ4v) is 3.00. The molecule has 1 aromatic carbocycles. The molecule has 0 aliphatic carbocycles. The number of amides is 1.